The molecule has 0 atom stereocenters. The lowest BCUT2D eigenvalue weighted by Gasteiger charge is -2.19. The molecule has 0 saturated heterocycles. The third-order valence-electron chi connectivity index (χ3n) is 3.69. The predicted octanol–water partition coefficient (Wildman–Crippen LogP) is 2.02. The molecule has 1 aliphatic rings. The van der Waals surface area contributed by atoms with Gasteiger partial charge in [0.2, 0.25) is 0 Å². The highest BCUT2D eigenvalue weighted by Gasteiger charge is 2.23. The molecule has 0 aliphatic carbocycles. The largest absolute Gasteiger partial charge is 0.497 e. The van der Waals surface area contributed by atoms with Crippen molar-refractivity contribution in [2.24, 2.45) is 11.0 Å². The standard InChI is InChI=1S/C16H22N6OS/c1-11(2)9-22-16(24)14(8-17-22)15-18-19-20-21(15)10-12-4-6-13(23-3)7-5-12/h4-8,11,19-20,24H,9-10H2,1-3H3. The molecule has 0 amide bonds. The summed E-state index contributed by atoms with van der Waals surface area (Å²) < 4.78 is 7.09. The molecule has 2 N–H and O–H groups in total. The summed E-state index contributed by atoms with van der Waals surface area (Å²) in [6.07, 6.45) is 1.80. The maximum atomic E-state index is 5.19. The minimum absolute atomic E-state index is 0.501. The molecule has 8 heteroatoms. The summed E-state index contributed by atoms with van der Waals surface area (Å²) in [5.74, 6) is 2.11. The second kappa shape index (κ2) is 7.14. The van der Waals surface area contributed by atoms with Crippen LogP contribution in [0.15, 0.2) is 40.6 Å². The minimum Gasteiger partial charge on any atom is -0.497 e. The summed E-state index contributed by atoms with van der Waals surface area (Å²) in [4.78, 5) is 0. The molecule has 1 aromatic heterocycles. The molecule has 1 aromatic carbocycles. The van der Waals surface area contributed by atoms with Gasteiger partial charge in [0.05, 0.1) is 25.4 Å². The number of rotatable bonds is 6. The predicted molar refractivity (Wildman–Crippen MR) is 95.7 cm³/mol. The number of hydrogen-bond acceptors (Lipinski definition) is 7. The van der Waals surface area contributed by atoms with Crippen molar-refractivity contribution in [3.05, 3.63) is 41.6 Å². The maximum Gasteiger partial charge on any atom is 0.177 e. The SMILES string of the molecule is COc1ccc(CN2NNN=C2c2cnn(CC(C)C)c2S)cc1. The zero-order valence-electron chi connectivity index (χ0n) is 14.0. The monoisotopic (exact) mass is 346 g/mol. The summed E-state index contributed by atoms with van der Waals surface area (Å²) in [6, 6.07) is 7.95. The van der Waals surface area contributed by atoms with Gasteiger partial charge >= 0.3 is 0 Å². The van der Waals surface area contributed by atoms with Crippen LogP contribution in [-0.4, -0.2) is 27.7 Å². The molecule has 7 nitrogen and oxygen atoms in total. The van der Waals surface area contributed by atoms with E-state index in [2.05, 4.69) is 47.7 Å². The molecule has 0 unspecified atom stereocenters. The molecule has 0 radical (unpaired) electrons. The van der Waals surface area contributed by atoms with E-state index in [1.165, 1.54) is 0 Å². The molecule has 24 heavy (non-hydrogen) atoms. The highest BCUT2D eigenvalue weighted by Crippen LogP contribution is 2.20. The molecule has 0 spiro atoms. The normalized spacial score (nSPS) is 14.0. The van der Waals surface area contributed by atoms with E-state index in [-0.39, 0.29) is 0 Å². The van der Waals surface area contributed by atoms with Crippen molar-refractivity contribution in [3.63, 3.8) is 0 Å². The molecule has 128 valence electrons. The van der Waals surface area contributed by atoms with Crippen LogP contribution in [0.2, 0.25) is 0 Å². The Bertz CT molecular complexity index is 725. The topological polar surface area (TPSA) is 66.7 Å². The number of methoxy groups -OCH3 is 1. The van der Waals surface area contributed by atoms with Gasteiger partial charge in [0.15, 0.2) is 5.84 Å². The smallest absolute Gasteiger partial charge is 0.177 e. The van der Waals surface area contributed by atoms with Gasteiger partial charge in [-0.25, -0.2) is 5.53 Å². The Labute approximate surface area is 147 Å². The lowest BCUT2D eigenvalue weighted by atomic mass is 10.2. The van der Waals surface area contributed by atoms with Crippen molar-refractivity contribution >= 4 is 18.5 Å². The van der Waals surface area contributed by atoms with Gasteiger partial charge in [0.25, 0.3) is 0 Å². The van der Waals surface area contributed by atoms with E-state index in [4.69, 9.17) is 4.74 Å². The molecule has 2 aromatic rings. The Balaban J connectivity index is 1.76. The Hall–Kier alpha value is -2.19. The number of ether oxygens (including phenoxy) is 1. The summed E-state index contributed by atoms with van der Waals surface area (Å²) in [7, 11) is 1.66. The highest BCUT2D eigenvalue weighted by molar-refractivity contribution is 7.80. The second-order valence-electron chi connectivity index (χ2n) is 6.05. The van der Waals surface area contributed by atoms with Gasteiger partial charge in [-0.1, -0.05) is 26.0 Å². The molecule has 0 saturated carbocycles. The van der Waals surface area contributed by atoms with Gasteiger partial charge in [-0.3, -0.25) is 9.69 Å². The van der Waals surface area contributed by atoms with Crippen LogP contribution in [0.4, 0.5) is 0 Å². The summed E-state index contributed by atoms with van der Waals surface area (Å²) in [5.41, 5.74) is 7.87. The lowest BCUT2D eigenvalue weighted by Crippen LogP contribution is -2.40. The van der Waals surface area contributed by atoms with Gasteiger partial charge in [0, 0.05) is 6.54 Å². The fourth-order valence-corrected chi connectivity index (χ4v) is 2.79. The van der Waals surface area contributed by atoms with Crippen molar-refractivity contribution in [2.45, 2.75) is 32.0 Å². The number of hydrazone groups is 1. The first-order valence-electron chi connectivity index (χ1n) is 7.82. The Kier molecular flexibility index (Phi) is 4.96. The van der Waals surface area contributed by atoms with Crippen molar-refractivity contribution in [1.82, 2.24) is 25.9 Å². The van der Waals surface area contributed by atoms with Gasteiger partial charge in [0.1, 0.15) is 10.8 Å². The number of nitrogens with one attached hydrogen (secondary N) is 2. The number of hydrogen-bond donors (Lipinski definition) is 3. The Morgan fingerprint density at radius 1 is 1.25 bits per heavy atom. The number of thiol groups is 1. The van der Waals surface area contributed by atoms with E-state index < -0.39 is 0 Å². The van der Waals surface area contributed by atoms with E-state index in [0.29, 0.717) is 12.5 Å². The van der Waals surface area contributed by atoms with E-state index in [1.54, 1.807) is 13.3 Å². The fourth-order valence-electron chi connectivity index (χ4n) is 2.50. The molecular formula is C16H22N6OS. The molecule has 1 aliphatic heterocycles. The quantitative estimate of drug-likeness (QED) is 0.699. The molecular weight excluding hydrogens is 324 g/mol. The third-order valence-corrected chi connectivity index (χ3v) is 4.16. The van der Waals surface area contributed by atoms with E-state index >= 15 is 0 Å². The number of amidine groups is 1. The molecule has 0 bridgehead atoms. The average molecular weight is 346 g/mol. The first-order valence-corrected chi connectivity index (χ1v) is 8.27. The first kappa shape index (κ1) is 16.7. The fraction of sp³-hybridized carbons (Fsp3) is 0.375. The van der Waals surface area contributed by atoms with Crippen molar-refractivity contribution in [2.75, 3.05) is 7.11 Å². The van der Waals surface area contributed by atoms with Gasteiger partial charge in [-0.2, -0.15) is 5.10 Å². The van der Waals surface area contributed by atoms with Crippen LogP contribution >= 0.6 is 12.6 Å². The highest BCUT2D eigenvalue weighted by atomic mass is 32.1. The lowest BCUT2D eigenvalue weighted by molar-refractivity contribution is 0.287. The van der Waals surface area contributed by atoms with Crippen LogP contribution < -0.4 is 15.8 Å². The van der Waals surface area contributed by atoms with Crippen molar-refractivity contribution in [3.8, 4) is 5.75 Å². The number of benzene rings is 1. The van der Waals surface area contributed by atoms with E-state index in [0.717, 1.165) is 34.3 Å². The summed E-state index contributed by atoms with van der Waals surface area (Å²) in [6.45, 7) is 5.78. The van der Waals surface area contributed by atoms with Gasteiger partial charge < -0.3 is 4.74 Å². The number of hydrazine groups is 2. The zero-order chi connectivity index (χ0) is 17.1. The van der Waals surface area contributed by atoms with Crippen LogP contribution in [0, 0.1) is 5.92 Å². The van der Waals surface area contributed by atoms with Crippen molar-refractivity contribution in [1.29, 1.82) is 0 Å². The molecule has 2 heterocycles. The van der Waals surface area contributed by atoms with Crippen LogP contribution in [0.25, 0.3) is 0 Å². The Morgan fingerprint density at radius 2 is 2.00 bits per heavy atom. The molecule has 3 rings (SSSR count). The summed E-state index contributed by atoms with van der Waals surface area (Å²) >= 11 is 4.63. The summed E-state index contributed by atoms with van der Waals surface area (Å²) in [5, 5.41) is 11.5. The van der Waals surface area contributed by atoms with E-state index in [1.807, 2.05) is 34.0 Å². The van der Waals surface area contributed by atoms with Gasteiger partial charge in [-0.05, 0) is 23.6 Å². The number of nitrogens with zero attached hydrogens (tertiary/aromatic N) is 4. The number of aromatic nitrogens is 2. The molecule has 0 fully saturated rings. The maximum absolute atomic E-state index is 5.19. The van der Waals surface area contributed by atoms with Gasteiger partial charge in [-0.15, -0.1) is 23.3 Å². The Morgan fingerprint density at radius 3 is 2.67 bits per heavy atom. The van der Waals surface area contributed by atoms with Crippen molar-refractivity contribution < 1.29 is 4.74 Å². The third kappa shape index (κ3) is 3.49. The first-order chi connectivity index (χ1) is 11.6. The van der Waals surface area contributed by atoms with Crippen LogP contribution in [0.5, 0.6) is 5.75 Å². The van der Waals surface area contributed by atoms with E-state index in [9.17, 15) is 0 Å². The zero-order valence-corrected chi connectivity index (χ0v) is 14.9. The second-order valence-corrected chi connectivity index (χ2v) is 6.47. The van der Waals surface area contributed by atoms with Crippen LogP contribution in [0.1, 0.15) is 25.0 Å². The van der Waals surface area contributed by atoms with Crippen LogP contribution in [0.3, 0.4) is 0 Å². The average Bonchev–Trinajstić information content (AvgIpc) is 3.15. The van der Waals surface area contributed by atoms with Crippen LogP contribution in [-0.2, 0) is 13.1 Å². The minimum atomic E-state index is 0.501.